The molecule has 0 radical (unpaired) electrons. The van der Waals surface area contributed by atoms with Crippen molar-refractivity contribution in [3.63, 3.8) is 0 Å². The van der Waals surface area contributed by atoms with E-state index in [0.717, 1.165) is 64.0 Å². The molecule has 3 aromatic rings. The van der Waals surface area contributed by atoms with Gasteiger partial charge in [-0.2, -0.15) is 0 Å². The first-order valence-corrected chi connectivity index (χ1v) is 22.1. The second kappa shape index (κ2) is 28.6. The molecular formula is C48H66GdN5O9-. The largest absolute Gasteiger partial charge is 0.657 e. The molecule has 15 heteroatoms. The van der Waals surface area contributed by atoms with Gasteiger partial charge in [0.2, 0.25) is 0 Å². The van der Waals surface area contributed by atoms with Gasteiger partial charge in [-0.15, -0.1) is 11.0 Å². The normalized spacial score (nSPS) is 12.5. The van der Waals surface area contributed by atoms with Gasteiger partial charge in [0.1, 0.15) is 13.2 Å². The molecule has 346 valence electrons. The van der Waals surface area contributed by atoms with Gasteiger partial charge >= 0.3 is 0 Å². The molecule has 4 heterocycles. The molecule has 6 bridgehead atoms. The number of aryl methyl sites for hydroxylation is 2. The maximum atomic E-state index is 9.85. The van der Waals surface area contributed by atoms with Crippen molar-refractivity contribution >= 4 is 44.4 Å². The van der Waals surface area contributed by atoms with Gasteiger partial charge < -0.3 is 48.4 Å². The summed E-state index contributed by atoms with van der Waals surface area (Å²) in [5.74, 6) is 0.948. The van der Waals surface area contributed by atoms with E-state index in [1.807, 2.05) is 26.0 Å². The van der Waals surface area contributed by atoms with Crippen LogP contribution in [0.4, 0.5) is 0 Å². The average molecular weight is 1010 g/mol. The molecular weight excluding hydrogens is 948 g/mol. The van der Waals surface area contributed by atoms with Crippen LogP contribution < -0.4 is 14.5 Å². The number of methoxy groups -OCH3 is 1. The Hall–Kier alpha value is -3.22. The molecule has 0 aliphatic carbocycles. The Bertz CT molecular complexity index is 2180. The van der Waals surface area contributed by atoms with Gasteiger partial charge in [0, 0.05) is 79.0 Å². The van der Waals surface area contributed by atoms with Crippen LogP contribution in [-0.4, -0.2) is 123 Å². The van der Waals surface area contributed by atoms with Crippen LogP contribution in [0, 0.1) is 39.9 Å². The third kappa shape index (κ3) is 15.2. The topological polar surface area (TPSA) is 171 Å². The number of benzene rings is 1. The summed E-state index contributed by atoms with van der Waals surface area (Å²) in [6.45, 7) is 15.4. The quantitative estimate of drug-likeness (QED) is 0.0726. The van der Waals surface area contributed by atoms with Gasteiger partial charge in [0.25, 0.3) is 0 Å². The molecule has 0 spiro atoms. The number of aliphatic hydroxyl groups excluding tert-OH is 2. The molecule has 1 aromatic carbocycles. The zero-order valence-corrected chi connectivity index (χ0v) is 40.2. The Morgan fingerprint density at radius 1 is 0.540 bits per heavy atom. The van der Waals surface area contributed by atoms with Crippen molar-refractivity contribution in [1.82, 2.24) is 24.9 Å². The number of nitrogens with zero attached hydrogens (tertiary/aromatic N) is 5. The van der Waals surface area contributed by atoms with Gasteiger partial charge in [-0.3, -0.25) is 9.97 Å². The summed E-state index contributed by atoms with van der Waals surface area (Å²) in [6, 6.07) is 7.80. The van der Waals surface area contributed by atoms with Crippen molar-refractivity contribution < 1.29 is 83.3 Å². The van der Waals surface area contributed by atoms with Crippen molar-refractivity contribution in [2.45, 2.75) is 79.6 Å². The summed E-state index contributed by atoms with van der Waals surface area (Å²) >= 11 is 0. The summed E-state index contributed by atoms with van der Waals surface area (Å²) in [5.41, 5.74) is 12.3. The van der Waals surface area contributed by atoms with E-state index >= 15 is 0 Å². The Labute approximate surface area is 404 Å². The molecule has 2 aromatic heterocycles. The van der Waals surface area contributed by atoms with E-state index in [1.54, 1.807) is 19.5 Å². The molecule has 0 fully saturated rings. The maximum absolute atomic E-state index is 9.85. The van der Waals surface area contributed by atoms with E-state index in [1.165, 1.54) is 11.1 Å². The summed E-state index contributed by atoms with van der Waals surface area (Å²) in [7, 11) is 1.64. The molecule has 14 nitrogen and oxygen atoms in total. The van der Waals surface area contributed by atoms with Crippen LogP contribution >= 0.6 is 0 Å². The Morgan fingerprint density at radius 2 is 0.952 bits per heavy atom. The Kier molecular flexibility index (Phi) is 23.8. The first kappa shape index (κ1) is 52.4. The molecule has 5 rings (SSSR count). The van der Waals surface area contributed by atoms with Gasteiger partial charge in [-0.05, 0) is 81.1 Å². The number of hydrogen-bond acceptors (Lipinski definition) is 13. The first-order chi connectivity index (χ1) is 30.4. The summed E-state index contributed by atoms with van der Waals surface area (Å²) in [5, 5.41) is 19.7. The number of ether oxygens (including phenoxy) is 7. The van der Waals surface area contributed by atoms with Crippen LogP contribution in [-0.2, 0) is 36.5 Å². The van der Waals surface area contributed by atoms with Crippen LogP contribution in [0.3, 0.4) is 0 Å². The first-order valence-electron chi connectivity index (χ1n) is 22.1. The average Bonchev–Trinajstić information content (AvgIpc) is 3.88. The number of allylic oxidation sites excluding steroid dienone is 4. The smallest absolute Gasteiger partial charge is 0.163 e. The van der Waals surface area contributed by atoms with Crippen molar-refractivity contribution in [2.24, 2.45) is 0 Å². The van der Waals surface area contributed by atoms with E-state index in [2.05, 4.69) is 32.9 Å². The zero-order valence-electron chi connectivity index (χ0n) is 37.9. The number of fused-ring (bicyclic) bond motifs is 7. The van der Waals surface area contributed by atoms with E-state index in [0.29, 0.717) is 119 Å². The molecule has 0 saturated heterocycles. The van der Waals surface area contributed by atoms with E-state index in [9.17, 15) is 10.2 Å². The van der Waals surface area contributed by atoms with Crippen LogP contribution in [0.15, 0.2) is 36.7 Å². The van der Waals surface area contributed by atoms with Crippen LogP contribution in [0.2, 0.25) is 0 Å². The van der Waals surface area contributed by atoms with E-state index < -0.39 is 0 Å². The fourth-order valence-corrected chi connectivity index (χ4v) is 7.33. The predicted octanol–water partition coefficient (Wildman–Crippen LogP) is 7.38. The van der Waals surface area contributed by atoms with Gasteiger partial charge in [-0.25, -0.2) is 9.97 Å². The van der Waals surface area contributed by atoms with Gasteiger partial charge in [0.05, 0.1) is 99.1 Å². The minimum Gasteiger partial charge on any atom is -0.657 e. The molecule has 2 aliphatic rings. The van der Waals surface area contributed by atoms with Gasteiger partial charge in [0.15, 0.2) is 11.5 Å². The number of rotatable bonds is 27. The van der Waals surface area contributed by atoms with Crippen molar-refractivity contribution in [2.75, 3.05) is 93.0 Å². The minimum atomic E-state index is 0. The fraction of sp³-hybridized carbons (Fsp3) is 0.542. The van der Waals surface area contributed by atoms with Crippen molar-refractivity contribution in [3.8, 4) is 11.5 Å². The fourth-order valence-electron chi connectivity index (χ4n) is 7.33. The third-order valence-electron chi connectivity index (χ3n) is 10.6. The summed E-state index contributed by atoms with van der Waals surface area (Å²) < 4.78 is 40.3. The number of hydrogen-bond donors (Lipinski definition) is 2. The molecule has 0 atom stereocenters. The monoisotopic (exact) mass is 1010 g/mol. The predicted molar refractivity (Wildman–Crippen MR) is 243 cm³/mol. The third-order valence-corrected chi connectivity index (χ3v) is 10.6. The second-order valence-corrected chi connectivity index (χ2v) is 14.9. The molecule has 2 aliphatic heterocycles. The second-order valence-electron chi connectivity index (χ2n) is 14.9. The van der Waals surface area contributed by atoms with Crippen molar-refractivity contribution in [1.29, 1.82) is 0 Å². The molecule has 63 heavy (non-hydrogen) atoms. The standard InChI is InChI=1S/C48H66N5O9.Gd/c1-7-16-57-19-20-59-23-25-61-47-29-43-44(30-48(47)62-26-24-60-22-21-58-18-17-56-6)50-32-46-34(5)38(13-11-15-55)42(53-46)28-40-36(9-3)35(8-2)39(51-40)27-41-37(12-10-14-54)33(4)45(52-41)31-49-43;/h27-32,54-55H,7-26H2,1-6H3;/q-1;. The van der Waals surface area contributed by atoms with Crippen LogP contribution in [0.25, 0.3) is 44.4 Å². The van der Waals surface area contributed by atoms with Gasteiger partial charge in [-0.1, -0.05) is 44.0 Å². The molecule has 0 amide bonds. The van der Waals surface area contributed by atoms with Crippen LogP contribution in [0.5, 0.6) is 11.5 Å². The van der Waals surface area contributed by atoms with E-state index in [4.69, 9.17) is 58.1 Å². The number of aromatic nitrogens is 5. The Balaban J connectivity index is 0.00000871. The van der Waals surface area contributed by atoms with E-state index in [-0.39, 0.29) is 66.4 Å². The molecule has 2 N–H and O–H groups in total. The molecule has 0 unspecified atom stereocenters. The zero-order chi connectivity index (χ0) is 44.1. The Morgan fingerprint density at radius 3 is 1.35 bits per heavy atom. The van der Waals surface area contributed by atoms with Crippen molar-refractivity contribution in [3.05, 3.63) is 70.6 Å². The summed E-state index contributed by atoms with van der Waals surface area (Å²) in [4.78, 5) is 25.5. The SMILES string of the molecule is CCCOCCOCCOc1cc2ncc3nc(cc4[n-]c(cc5nc(cnc2cc1OCCOCCOCCOC)C(C)=C5CCCO)c(CC)c4CC)C(CCCO)=C3C.[Gd]. The maximum Gasteiger partial charge on any atom is 0.163 e. The molecule has 0 saturated carbocycles. The summed E-state index contributed by atoms with van der Waals surface area (Å²) in [6.07, 6.45) is 8.61. The minimum absolute atomic E-state index is 0. The van der Waals surface area contributed by atoms with Crippen LogP contribution in [0.1, 0.15) is 101 Å². The number of aliphatic hydroxyl groups is 2.